The number of halogens is 1. The maximum Gasteiger partial charge on any atom is 0.252 e. The maximum absolute atomic E-state index is 12.5. The average molecular weight is 490 g/mol. The molecule has 0 heterocycles. The lowest BCUT2D eigenvalue weighted by molar-refractivity contribution is 0.0949. The lowest BCUT2D eigenvalue weighted by atomic mass is 10.1. The topological polar surface area (TPSA) is 93.7 Å². The molecule has 0 aliphatic carbocycles. The summed E-state index contributed by atoms with van der Waals surface area (Å²) in [7, 11) is 0.849. The first-order chi connectivity index (χ1) is 12.3. The van der Waals surface area contributed by atoms with Gasteiger partial charge in [-0.15, -0.1) is 0 Å². The molecule has 9 heteroatoms. The van der Waals surface area contributed by atoms with Gasteiger partial charge in [0.1, 0.15) is 0 Å². The van der Waals surface area contributed by atoms with Gasteiger partial charge in [-0.2, -0.15) is 0 Å². The number of benzene rings is 2. The van der Waals surface area contributed by atoms with Crippen LogP contribution in [-0.4, -0.2) is 35.6 Å². The van der Waals surface area contributed by atoms with Crippen LogP contribution in [-0.2, 0) is 16.6 Å². The molecule has 140 valence electrons. The number of carbonyl (C=O) groups excluding carboxylic acids is 1. The van der Waals surface area contributed by atoms with Gasteiger partial charge in [-0.25, -0.2) is 13.1 Å². The fraction of sp³-hybridized carbons (Fsp3) is 0.235. The molecule has 0 bridgehead atoms. The molecular weight excluding hydrogens is 471 g/mol. The smallest absolute Gasteiger partial charge is 0.252 e. The Labute approximate surface area is 166 Å². The Hall–Kier alpha value is -1.85. The minimum absolute atomic E-state index is 0.146. The van der Waals surface area contributed by atoms with E-state index in [0.29, 0.717) is 26.2 Å². The van der Waals surface area contributed by atoms with Crippen LogP contribution in [0.1, 0.15) is 15.9 Å². The molecule has 26 heavy (non-hydrogen) atoms. The normalized spacial score (nSPS) is 11.1. The van der Waals surface area contributed by atoms with Gasteiger partial charge in [-0.1, -0.05) is 12.1 Å². The van der Waals surface area contributed by atoms with E-state index in [-0.39, 0.29) is 17.3 Å². The Morgan fingerprint density at radius 1 is 1.12 bits per heavy atom. The third kappa shape index (κ3) is 4.65. The molecule has 0 aliphatic rings. The van der Waals surface area contributed by atoms with Crippen molar-refractivity contribution in [3.63, 3.8) is 0 Å². The van der Waals surface area contributed by atoms with Crippen LogP contribution >= 0.6 is 22.6 Å². The first-order valence-electron chi connectivity index (χ1n) is 7.54. The minimum atomic E-state index is -3.53. The average Bonchev–Trinajstić information content (AvgIpc) is 2.65. The first-order valence-corrected chi connectivity index (χ1v) is 10.1. The summed E-state index contributed by atoms with van der Waals surface area (Å²) >= 11 is 2.05. The molecule has 2 N–H and O–H groups in total. The van der Waals surface area contributed by atoms with Crippen LogP contribution in [0.4, 0.5) is 0 Å². The molecule has 2 rings (SSSR count). The number of nitrogens with one attached hydrogen (secondary N) is 2. The zero-order chi connectivity index (χ0) is 19.3. The summed E-state index contributed by atoms with van der Waals surface area (Å²) in [5.41, 5.74) is 1.12. The van der Waals surface area contributed by atoms with Crippen molar-refractivity contribution in [1.29, 1.82) is 0 Å². The largest absolute Gasteiger partial charge is 0.493 e. The van der Waals surface area contributed by atoms with E-state index in [2.05, 4.69) is 10.0 Å². The lowest BCUT2D eigenvalue weighted by Crippen LogP contribution is -2.24. The second kappa shape index (κ2) is 8.69. The van der Waals surface area contributed by atoms with Gasteiger partial charge >= 0.3 is 0 Å². The molecule has 0 fully saturated rings. The maximum atomic E-state index is 12.5. The van der Waals surface area contributed by atoms with Crippen molar-refractivity contribution in [2.75, 3.05) is 21.3 Å². The summed E-state index contributed by atoms with van der Waals surface area (Å²) in [5.74, 6) is 0.704. The molecule has 0 unspecified atom stereocenters. The van der Waals surface area contributed by atoms with Gasteiger partial charge in [0, 0.05) is 10.1 Å². The Bertz CT molecular complexity index is 915. The van der Waals surface area contributed by atoms with Gasteiger partial charge in [-0.05, 0) is 59.5 Å². The van der Waals surface area contributed by atoms with E-state index in [9.17, 15) is 13.2 Å². The van der Waals surface area contributed by atoms with E-state index < -0.39 is 10.0 Å². The Morgan fingerprint density at radius 3 is 2.38 bits per heavy atom. The second-order valence-electron chi connectivity index (χ2n) is 5.22. The van der Waals surface area contributed by atoms with E-state index in [1.807, 2.05) is 22.6 Å². The summed E-state index contributed by atoms with van der Waals surface area (Å²) in [6.07, 6.45) is 0. The highest BCUT2D eigenvalue weighted by atomic mass is 127. The number of carbonyl (C=O) groups is 1. The van der Waals surface area contributed by atoms with Crippen molar-refractivity contribution in [2.24, 2.45) is 0 Å². The number of rotatable bonds is 7. The van der Waals surface area contributed by atoms with E-state index in [1.165, 1.54) is 33.4 Å². The highest BCUT2D eigenvalue weighted by Crippen LogP contribution is 2.31. The van der Waals surface area contributed by atoms with Crippen LogP contribution in [0.15, 0.2) is 41.3 Å². The molecule has 0 saturated heterocycles. The van der Waals surface area contributed by atoms with Gasteiger partial charge in [-0.3, -0.25) is 4.79 Å². The van der Waals surface area contributed by atoms with Gasteiger partial charge in [0.15, 0.2) is 11.5 Å². The Kier molecular flexibility index (Phi) is 6.84. The number of amides is 1. The van der Waals surface area contributed by atoms with Gasteiger partial charge in [0.05, 0.1) is 24.7 Å². The predicted molar refractivity (Wildman–Crippen MR) is 106 cm³/mol. The highest BCUT2D eigenvalue weighted by molar-refractivity contribution is 14.1. The molecular formula is C17H19IN2O5S. The van der Waals surface area contributed by atoms with Gasteiger partial charge in [0.2, 0.25) is 10.0 Å². The fourth-order valence-corrected chi connectivity index (χ4v) is 3.73. The molecule has 0 saturated carbocycles. The van der Waals surface area contributed by atoms with E-state index in [1.54, 1.807) is 24.3 Å². The van der Waals surface area contributed by atoms with Crippen LogP contribution in [0.25, 0.3) is 0 Å². The number of ether oxygens (including phenoxy) is 2. The van der Waals surface area contributed by atoms with Crippen LogP contribution in [0, 0.1) is 3.57 Å². The van der Waals surface area contributed by atoms with Crippen molar-refractivity contribution in [1.82, 2.24) is 10.0 Å². The molecule has 0 spiro atoms. The monoisotopic (exact) mass is 490 g/mol. The number of methoxy groups -OCH3 is 2. The third-order valence-corrected chi connectivity index (χ3v) is 5.95. The van der Waals surface area contributed by atoms with Crippen molar-refractivity contribution in [3.05, 3.63) is 51.1 Å². The van der Waals surface area contributed by atoms with Crippen LogP contribution in [0.5, 0.6) is 11.5 Å². The molecule has 0 radical (unpaired) electrons. The zero-order valence-electron chi connectivity index (χ0n) is 14.5. The van der Waals surface area contributed by atoms with Crippen LogP contribution in [0.3, 0.4) is 0 Å². The van der Waals surface area contributed by atoms with E-state index in [0.717, 1.165) is 0 Å². The first kappa shape index (κ1) is 20.5. The SMILES string of the molecule is CNS(=O)(=O)c1cccc(CNC(=O)c2cc(OC)c(OC)cc2I)c1. The summed E-state index contributed by atoms with van der Waals surface area (Å²) in [5, 5.41) is 2.79. The van der Waals surface area contributed by atoms with E-state index >= 15 is 0 Å². The number of hydrogen-bond acceptors (Lipinski definition) is 5. The lowest BCUT2D eigenvalue weighted by Gasteiger charge is -2.12. The number of sulfonamides is 1. The van der Waals surface area contributed by atoms with Crippen LogP contribution in [0.2, 0.25) is 0 Å². The molecule has 0 aromatic heterocycles. The predicted octanol–water partition coefficient (Wildman–Crippen LogP) is 2.15. The summed E-state index contributed by atoms with van der Waals surface area (Å²) < 4.78 is 37.1. The quantitative estimate of drug-likeness (QED) is 0.581. The minimum Gasteiger partial charge on any atom is -0.493 e. The van der Waals surface area contributed by atoms with Crippen molar-refractivity contribution in [3.8, 4) is 11.5 Å². The molecule has 2 aromatic rings. The standard InChI is InChI=1S/C17H19IN2O5S/c1-19-26(22,23)12-6-4-5-11(7-12)10-20-17(21)13-8-15(24-2)16(25-3)9-14(13)18/h4-9,19H,10H2,1-3H3,(H,20,21). The summed E-state index contributed by atoms with van der Waals surface area (Å²) in [6.45, 7) is 0.191. The highest BCUT2D eigenvalue weighted by Gasteiger charge is 2.16. The third-order valence-electron chi connectivity index (χ3n) is 3.65. The molecule has 0 aliphatic heterocycles. The van der Waals surface area contributed by atoms with Crippen molar-refractivity contribution < 1.29 is 22.7 Å². The second-order valence-corrected chi connectivity index (χ2v) is 8.27. The fourth-order valence-electron chi connectivity index (χ4n) is 2.25. The Morgan fingerprint density at radius 2 is 1.77 bits per heavy atom. The van der Waals surface area contributed by atoms with Crippen LogP contribution < -0.4 is 19.5 Å². The summed E-state index contributed by atoms with van der Waals surface area (Å²) in [4.78, 5) is 12.6. The zero-order valence-corrected chi connectivity index (χ0v) is 17.5. The summed E-state index contributed by atoms with van der Waals surface area (Å²) in [6, 6.07) is 9.72. The van der Waals surface area contributed by atoms with Crippen molar-refractivity contribution in [2.45, 2.75) is 11.4 Å². The number of hydrogen-bond donors (Lipinski definition) is 2. The Balaban J connectivity index is 2.18. The molecule has 2 aromatic carbocycles. The van der Waals surface area contributed by atoms with E-state index in [4.69, 9.17) is 9.47 Å². The van der Waals surface area contributed by atoms with Gasteiger partial charge in [0.25, 0.3) is 5.91 Å². The molecule has 1 amide bonds. The van der Waals surface area contributed by atoms with Crippen molar-refractivity contribution >= 4 is 38.5 Å². The molecule has 0 atom stereocenters. The van der Waals surface area contributed by atoms with Gasteiger partial charge < -0.3 is 14.8 Å². The molecule has 7 nitrogen and oxygen atoms in total.